The van der Waals surface area contributed by atoms with E-state index < -0.39 is 0 Å². The number of pyridine rings is 2. The Labute approximate surface area is 119 Å². The number of fused-ring (bicyclic) bond motifs is 1. The van der Waals surface area contributed by atoms with E-state index in [4.69, 9.17) is 5.73 Å². The average Bonchev–Trinajstić information content (AvgIpc) is 2.79. The molecule has 3 rings (SSSR count). The minimum atomic E-state index is -0.240. The first-order valence-electron chi connectivity index (χ1n) is 6.02. The molecule has 0 aliphatic carbocycles. The van der Waals surface area contributed by atoms with Crippen LogP contribution in [0.4, 0.5) is 11.4 Å². The number of nitrogens with zero attached hydrogens (tertiary/aromatic N) is 2. The van der Waals surface area contributed by atoms with Crippen molar-refractivity contribution in [3.63, 3.8) is 0 Å². The van der Waals surface area contributed by atoms with Crippen molar-refractivity contribution in [3.05, 3.63) is 47.2 Å². The Morgan fingerprint density at radius 1 is 1.30 bits per heavy atom. The molecule has 0 radical (unpaired) electrons. The normalized spacial score (nSPS) is 10.7. The maximum Gasteiger partial charge on any atom is 0.267 e. The highest BCUT2D eigenvalue weighted by Crippen LogP contribution is 2.32. The maximum absolute atomic E-state index is 12.3. The molecule has 0 atom stereocenters. The molecule has 0 saturated heterocycles. The van der Waals surface area contributed by atoms with E-state index in [-0.39, 0.29) is 5.91 Å². The van der Waals surface area contributed by atoms with Crippen LogP contribution in [0, 0.1) is 6.92 Å². The van der Waals surface area contributed by atoms with Crippen molar-refractivity contribution in [1.29, 1.82) is 0 Å². The number of anilines is 2. The highest BCUT2D eigenvalue weighted by molar-refractivity contribution is 7.21. The molecule has 0 aliphatic rings. The van der Waals surface area contributed by atoms with Gasteiger partial charge in [-0.3, -0.25) is 9.78 Å². The van der Waals surface area contributed by atoms with Crippen LogP contribution in [0.1, 0.15) is 15.4 Å². The summed E-state index contributed by atoms with van der Waals surface area (Å²) >= 11 is 1.29. The number of aryl methyl sites for hydroxylation is 1. The van der Waals surface area contributed by atoms with Crippen LogP contribution in [0.25, 0.3) is 10.2 Å². The topological polar surface area (TPSA) is 80.9 Å². The van der Waals surface area contributed by atoms with Crippen LogP contribution in [0.3, 0.4) is 0 Å². The van der Waals surface area contributed by atoms with Gasteiger partial charge >= 0.3 is 0 Å². The first kappa shape index (κ1) is 12.6. The lowest BCUT2D eigenvalue weighted by Crippen LogP contribution is -2.12. The zero-order chi connectivity index (χ0) is 14.1. The maximum atomic E-state index is 12.3. The number of carbonyl (C=O) groups is 1. The van der Waals surface area contributed by atoms with Gasteiger partial charge < -0.3 is 11.1 Å². The molecule has 3 N–H and O–H groups in total. The number of carbonyl (C=O) groups excluding carboxylic acids is 1. The second-order valence-corrected chi connectivity index (χ2v) is 5.34. The number of amides is 1. The molecule has 100 valence electrons. The van der Waals surface area contributed by atoms with Gasteiger partial charge in [0.1, 0.15) is 9.71 Å². The minimum absolute atomic E-state index is 0.240. The third-order valence-electron chi connectivity index (χ3n) is 2.88. The highest BCUT2D eigenvalue weighted by Gasteiger charge is 2.16. The molecule has 0 spiro atoms. The van der Waals surface area contributed by atoms with Crippen molar-refractivity contribution >= 4 is 38.8 Å². The average molecular weight is 284 g/mol. The zero-order valence-electron chi connectivity index (χ0n) is 10.8. The third-order valence-corrected chi connectivity index (χ3v) is 4.01. The lowest BCUT2D eigenvalue weighted by atomic mass is 10.2. The van der Waals surface area contributed by atoms with E-state index in [9.17, 15) is 4.79 Å². The van der Waals surface area contributed by atoms with Crippen molar-refractivity contribution in [3.8, 4) is 0 Å². The molecule has 0 fully saturated rings. The van der Waals surface area contributed by atoms with Crippen LogP contribution in [0.2, 0.25) is 0 Å². The smallest absolute Gasteiger partial charge is 0.267 e. The van der Waals surface area contributed by atoms with Crippen LogP contribution >= 0.6 is 11.3 Å². The highest BCUT2D eigenvalue weighted by atomic mass is 32.1. The number of rotatable bonds is 2. The van der Waals surface area contributed by atoms with Crippen LogP contribution in [0.15, 0.2) is 36.7 Å². The molecule has 0 aromatic carbocycles. The van der Waals surface area contributed by atoms with Crippen molar-refractivity contribution < 1.29 is 4.79 Å². The van der Waals surface area contributed by atoms with Crippen LogP contribution in [-0.4, -0.2) is 15.9 Å². The Balaban J connectivity index is 1.92. The first-order valence-corrected chi connectivity index (χ1v) is 6.84. The Kier molecular flexibility index (Phi) is 3.08. The molecule has 1 amide bonds. The summed E-state index contributed by atoms with van der Waals surface area (Å²) in [5.74, 6) is -0.240. The predicted molar refractivity (Wildman–Crippen MR) is 81.0 cm³/mol. The lowest BCUT2D eigenvalue weighted by Gasteiger charge is -2.04. The number of nitrogens with two attached hydrogens (primary N) is 1. The van der Waals surface area contributed by atoms with Gasteiger partial charge in [0, 0.05) is 17.3 Å². The van der Waals surface area contributed by atoms with Gasteiger partial charge in [-0.05, 0) is 31.2 Å². The Morgan fingerprint density at radius 3 is 2.85 bits per heavy atom. The van der Waals surface area contributed by atoms with Crippen molar-refractivity contribution in [2.75, 3.05) is 11.1 Å². The summed E-state index contributed by atoms with van der Waals surface area (Å²) < 4.78 is 0. The first-order chi connectivity index (χ1) is 9.65. The van der Waals surface area contributed by atoms with Crippen molar-refractivity contribution in [2.45, 2.75) is 6.92 Å². The summed E-state index contributed by atoms with van der Waals surface area (Å²) in [5.41, 5.74) is 8.02. The quantitative estimate of drug-likeness (QED) is 0.758. The summed E-state index contributed by atoms with van der Waals surface area (Å²) in [7, 11) is 0. The van der Waals surface area contributed by atoms with E-state index in [1.807, 2.05) is 25.1 Å². The fourth-order valence-corrected chi connectivity index (χ4v) is 2.81. The van der Waals surface area contributed by atoms with Gasteiger partial charge in [-0.15, -0.1) is 11.3 Å². The Bertz CT molecular complexity index is 779. The van der Waals surface area contributed by atoms with Gasteiger partial charge in [0.2, 0.25) is 0 Å². The number of thiophene rings is 1. The molecule has 0 saturated carbocycles. The van der Waals surface area contributed by atoms with E-state index in [1.54, 1.807) is 18.5 Å². The monoisotopic (exact) mass is 284 g/mol. The molecule has 3 heterocycles. The largest absolute Gasteiger partial charge is 0.397 e. The van der Waals surface area contributed by atoms with E-state index >= 15 is 0 Å². The number of hydrogen-bond donors (Lipinski definition) is 2. The third kappa shape index (κ3) is 2.21. The standard InChI is InChI=1S/C14H12N4OS/c1-8-4-5-9(7-17-8)18-13(19)12-11(15)10-3-2-6-16-14(10)20-12/h2-7H,15H2,1H3,(H,18,19). The fraction of sp³-hybridized carbons (Fsp3) is 0.0714. The molecule has 0 aliphatic heterocycles. The van der Waals surface area contributed by atoms with Gasteiger partial charge in [0.05, 0.1) is 17.6 Å². The van der Waals surface area contributed by atoms with E-state index in [0.717, 1.165) is 15.9 Å². The van der Waals surface area contributed by atoms with Gasteiger partial charge in [-0.2, -0.15) is 0 Å². The van der Waals surface area contributed by atoms with Gasteiger partial charge in [-0.1, -0.05) is 0 Å². The molecular formula is C14H12N4OS. The number of nitrogen functional groups attached to an aromatic ring is 1. The van der Waals surface area contributed by atoms with Gasteiger partial charge in [0.25, 0.3) is 5.91 Å². The number of hydrogen-bond acceptors (Lipinski definition) is 5. The zero-order valence-corrected chi connectivity index (χ0v) is 11.6. The summed E-state index contributed by atoms with van der Waals surface area (Å²) in [6, 6.07) is 7.31. The van der Waals surface area contributed by atoms with Gasteiger partial charge in [-0.25, -0.2) is 4.98 Å². The van der Waals surface area contributed by atoms with E-state index in [1.165, 1.54) is 11.3 Å². The molecule has 3 aromatic heterocycles. The summed E-state index contributed by atoms with van der Waals surface area (Å²) in [6.07, 6.45) is 3.30. The van der Waals surface area contributed by atoms with Crippen molar-refractivity contribution in [1.82, 2.24) is 9.97 Å². The van der Waals surface area contributed by atoms with Crippen molar-refractivity contribution in [2.24, 2.45) is 0 Å². The molecule has 20 heavy (non-hydrogen) atoms. The molecule has 0 unspecified atom stereocenters. The fourth-order valence-electron chi connectivity index (χ4n) is 1.85. The summed E-state index contributed by atoms with van der Waals surface area (Å²) in [4.78, 5) is 21.8. The second kappa shape index (κ2) is 4.90. The number of nitrogens with one attached hydrogen (secondary N) is 1. The van der Waals surface area contributed by atoms with Crippen LogP contribution < -0.4 is 11.1 Å². The molecular weight excluding hydrogens is 272 g/mol. The van der Waals surface area contributed by atoms with E-state index in [0.29, 0.717) is 16.3 Å². The molecule has 0 bridgehead atoms. The molecule has 5 nitrogen and oxygen atoms in total. The summed E-state index contributed by atoms with van der Waals surface area (Å²) in [6.45, 7) is 1.89. The Morgan fingerprint density at radius 2 is 2.15 bits per heavy atom. The minimum Gasteiger partial charge on any atom is -0.397 e. The lowest BCUT2D eigenvalue weighted by molar-refractivity contribution is 0.103. The predicted octanol–water partition coefficient (Wildman–Crippen LogP) is 2.83. The number of aromatic nitrogens is 2. The van der Waals surface area contributed by atoms with Gasteiger partial charge in [0.15, 0.2) is 0 Å². The second-order valence-electron chi connectivity index (χ2n) is 4.34. The van der Waals surface area contributed by atoms with Crippen LogP contribution in [0.5, 0.6) is 0 Å². The SMILES string of the molecule is Cc1ccc(NC(=O)c2sc3ncccc3c2N)cn1. The Hall–Kier alpha value is -2.47. The summed E-state index contributed by atoms with van der Waals surface area (Å²) in [5, 5.41) is 3.60. The van der Waals surface area contributed by atoms with E-state index in [2.05, 4.69) is 15.3 Å². The van der Waals surface area contributed by atoms with Crippen LogP contribution in [-0.2, 0) is 0 Å². The molecule has 3 aromatic rings. The molecule has 6 heteroatoms.